The molecule has 0 aliphatic carbocycles. The van der Waals surface area contributed by atoms with Gasteiger partial charge in [-0.3, -0.25) is 9.88 Å². The SMILES string of the molecule is CCCN(Cc1cccc(C)n1)CC(C)(C)CN. The maximum Gasteiger partial charge on any atom is 0.0547 e. The summed E-state index contributed by atoms with van der Waals surface area (Å²) in [6.45, 7) is 12.4. The average molecular weight is 249 g/mol. The summed E-state index contributed by atoms with van der Waals surface area (Å²) in [5, 5.41) is 0. The summed E-state index contributed by atoms with van der Waals surface area (Å²) in [5.41, 5.74) is 8.23. The Morgan fingerprint density at radius 2 is 2.06 bits per heavy atom. The molecule has 0 fully saturated rings. The molecule has 0 amide bonds. The van der Waals surface area contributed by atoms with Crippen LogP contribution in [0.25, 0.3) is 0 Å². The quantitative estimate of drug-likeness (QED) is 0.807. The lowest BCUT2D eigenvalue weighted by molar-refractivity contribution is 0.174. The minimum Gasteiger partial charge on any atom is -0.330 e. The molecular weight excluding hydrogens is 222 g/mol. The van der Waals surface area contributed by atoms with E-state index in [1.54, 1.807) is 0 Å². The number of pyridine rings is 1. The van der Waals surface area contributed by atoms with Crippen molar-refractivity contribution in [3.05, 3.63) is 29.6 Å². The second-order valence-electron chi connectivity index (χ2n) is 5.85. The third-order valence-electron chi connectivity index (χ3n) is 3.08. The third-order valence-corrected chi connectivity index (χ3v) is 3.08. The zero-order valence-electron chi connectivity index (χ0n) is 12.2. The summed E-state index contributed by atoms with van der Waals surface area (Å²) >= 11 is 0. The second-order valence-corrected chi connectivity index (χ2v) is 5.85. The summed E-state index contributed by atoms with van der Waals surface area (Å²) in [4.78, 5) is 7.03. The molecule has 0 saturated carbocycles. The zero-order valence-corrected chi connectivity index (χ0v) is 12.2. The van der Waals surface area contributed by atoms with Crippen molar-refractivity contribution in [3.63, 3.8) is 0 Å². The van der Waals surface area contributed by atoms with Crippen molar-refractivity contribution in [1.82, 2.24) is 9.88 Å². The van der Waals surface area contributed by atoms with Gasteiger partial charge < -0.3 is 5.73 Å². The maximum absolute atomic E-state index is 5.83. The first kappa shape index (κ1) is 15.1. The molecule has 0 atom stereocenters. The first-order valence-corrected chi connectivity index (χ1v) is 6.82. The van der Waals surface area contributed by atoms with Crippen LogP contribution in [-0.4, -0.2) is 29.5 Å². The van der Waals surface area contributed by atoms with E-state index in [0.29, 0.717) is 6.54 Å². The van der Waals surface area contributed by atoms with Gasteiger partial charge in [0, 0.05) is 18.8 Å². The van der Waals surface area contributed by atoms with Crippen LogP contribution in [0, 0.1) is 12.3 Å². The third kappa shape index (κ3) is 5.15. The van der Waals surface area contributed by atoms with Gasteiger partial charge in [-0.15, -0.1) is 0 Å². The van der Waals surface area contributed by atoms with Crippen molar-refractivity contribution in [2.45, 2.75) is 40.7 Å². The van der Waals surface area contributed by atoms with E-state index in [1.807, 2.05) is 13.0 Å². The van der Waals surface area contributed by atoms with Crippen LogP contribution in [0.15, 0.2) is 18.2 Å². The smallest absolute Gasteiger partial charge is 0.0547 e. The molecule has 1 heterocycles. The highest BCUT2D eigenvalue weighted by atomic mass is 15.1. The normalized spacial score (nSPS) is 12.1. The summed E-state index contributed by atoms with van der Waals surface area (Å²) in [5.74, 6) is 0. The van der Waals surface area contributed by atoms with Crippen molar-refractivity contribution >= 4 is 0 Å². The van der Waals surface area contributed by atoms with Crippen LogP contribution in [0.2, 0.25) is 0 Å². The van der Waals surface area contributed by atoms with Crippen LogP contribution in [0.5, 0.6) is 0 Å². The van der Waals surface area contributed by atoms with Crippen LogP contribution in [0.4, 0.5) is 0 Å². The fourth-order valence-corrected chi connectivity index (χ4v) is 2.12. The molecule has 1 aromatic rings. The van der Waals surface area contributed by atoms with Gasteiger partial charge in [-0.05, 0) is 44.0 Å². The largest absolute Gasteiger partial charge is 0.330 e. The van der Waals surface area contributed by atoms with Crippen LogP contribution in [0.3, 0.4) is 0 Å². The fourth-order valence-electron chi connectivity index (χ4n) is 2.12. The Morgan fingerprint density at radius 3 is 2.61 bits per heavy atom. The van der Waals surface area contributed by atoms with Gasteiger partial charge in [0.15, 0.2) is 0 Å². The monoisotopic (exact) mass is 249 g/mol. The van der Waals surface area contributed by atoms with Gasteiger partial charge in [0.1, 0.15) is 0 Å². The highest BCUT2D eigenvalue weighted by Crippen LogP contribution is 2.16. The predicted molar refractivity (Wildman–Crippen MR) is 77.4 cm³/mol. The highest BCUT2D eigenvalue weighted by molar-refractivity contribution is 5.09. The summed E-state index contributed by atoms with van der Waals surface area (Å²) in [6, 6.07) is 6.22. The molecular formula is C15H27N3. The molecule has 1 aromatic heterocycles. The molecule has 0 aromatic carbocycles. The molecule has 0 radical (unpaired) electrons. The Bertz CT molecular complexity index is 361. The highest BCUT2D eigenvalue weighted by Gasteiger charge is 2.20. The minimum atomic E-state index is 0.166. The van der Waals surface area contributed by atoms with Crippen molar-refractivity contribution in [2.24, 2.45) is 11.1 Å². The van der Waals surface area contributed by atoms with Crippen molar-refractivity contribution in [2.75, 3.05) is 19.6 Å². The fraction of sp³-hybridized carbons (Fsp3) is 0.667. The van der Waals surface area contributed by atoms with Gasteiger partial charge in [-0.2, -0.15) is 0 Å². The van der Waals surface area contributed by atoms with Gasteiger partial charge >= 0.3 is 0 Å². The molecule has 0 bridgehead atoms. The van der Waals surface area contributed by atoms with Gasteiger partial charge in [0.25, 0.3) is 0 Å². The summed E-state index contributed by atoms with van der Waals surface area (Å²) in [7, 11) is 0. The van der Waals surface area contributed by atoms with E-state index < -0.39 is 0 Å². The molecule has 3 heteroatoms. The van der Waals surface area contributed by atoms with E-state index in [2.05, 4.69) is 42.8 Å². The molecule has 2 N–H and O–H groups in total. The minimum absolute atomic E-state index is 0.166. The number of nitrogens with two attached hydrogens (primary N) is 1. The number of hydrogen-bond acceptors (Lipinski definition) is 3. The van der Waals surface area contributed by atoms with Crippen LogP contribution < -0.4 is 5.73 Å². The lowest BCUT2D eigenvalue weighted by Crippen LogP contribution is -2.39. The van der Waals surface area contributed by atoms with Crippen LogP contribution in [0.1, 0.15) is 38.6 Å². The van der Waals surface area contributed by atoms with E-state index in [9.17, 15) is 0 Å². The summed E-state index contributed by atoms with van der Waals surface area (Å²) in [6.07, 6.45) is 1.16. The van der Waals surface area contributed by atoms with Crippen molar-refractivity contribution in [1.29, 1.82) is 0 Å². The number of nitrogens with zero attached hydrogens (tertiary/aromatic N) is 2. The van der Waals surface area contributed by atoms with Gasteiger partial charge in [-0.1, -0.05) is 26.8 Å². The Labute approximate surface area is 111 Å². The Balaban J connectivity index is 2.68. The molecule has 3 nitrogen and oxygen atoms in total. The first-order chi connectivity index (χ1) is 8.46. The number of aryl methyl sites for hydroxylation is 1. The number of rotatable bonds is 7. The maximum atomic E-state index is 5.83. The van der Waals surface area contributed by atoms with Crippen LogP contribution in [-0.2, 0) is 6.54 Å². The second kappa shape index (κ2) is 6.86. The lowest BCUT2D eigenvalue weighted by atomic mass is 9.93. The molecule has 0 aliphatic heterocycles. The molecule has 18 heavy (non-hydrogen) atoms. The van der Waals surface area contributed by atoms with Crippen molar-refractivity contribution in [3.8, 4) is 0 Å². The molecule has 0 saturated heterocycles. The van der Waals surface area contributed by atoms with E-state index in [0.717, 1.165) is 37.4 Å². The van der Waals surface area contributed by atoms with Gasteiger partial charge in [0.05, 0.1) is 5.69 Å². The van der Waals surface area contributed by atoms with E-state index in [1.165, 1.54) is 0 Å². The number of hydrogen-bond donors (Lipinski definition) is 1. The van der Waals surface area contributed by atoms with E-state index in [4.69, 9.17) is 5.73 Å². The van der Waals surface area contributed by atoms with E-state index in [-0.39, 0.29) is 5.41 Å². The predicted octanol–water partition coefficient (Wildman–Crippen LogP) is 2.59. The first-order valence-electron chi connectivity index (χ1n) is 6.82. The van der Waals surface area contributed by atoms with Gasteiger partial charge in [-0.25, -0.2) is 0 Å². The molecule has 1 rings (SSSR count). The Hall–Kier alpha value is -0.930. The molecule has 0 aliphatic rings. The average Bonchev–Trinajstić information content (AvgIpc) is 2.29. The standard InChI is InChI=1S/C15H27N3/c1-5-9-18(12-15(3,4)11-16)10-14-8-6-7-13(2)17-14/h6-8H,5,9-12,16H2,1-4H3. The molecule has 102 valence electrons. The van der Waals surface area contributed by atoms with E-state index >= 15 is 0 Å². The van der Waals surface area contributed by atoms with Crippen LogP contribution >= 0.6 is 0 Å². The Morgan fingerprint density at radius 1 is 1.33 bits per heavy atom. The van der Waals surface area contributed by atoms with Gasteiger partial charge in [0.2, 0.25) is 0 Å². The topological polar surface area (TPSA) is 42.2 Å². The lowest BCUT2D eigenvalue weighted by Gasteiger charge is -2.31. The van der Waals surface area contributed by atoms with Crippen molar-refractivity contribution < 1.29 is 0 Å². The molecule has 0 spiro atoms. The summed E-state index contributed by atoms with van der Waals surface area (Å²) < 4.78 is 0. The molecule has 0 unspecified atom stereocenters. The number of aromatic nitrogens is 1. The Kier molecular flexibility index (Phi) is 5.76. The zero-order chi connectivity index (χ0) is 13.6.